The fourth-order valence-corrected chi connectivity index (χ4v) is 3.77. The van der Waals surface area contributed by atoms with Gasteiger partial charge in [0.1, 0.15) is 6.26 Å². The van der Waals surface area contributed by atoms with Crippen molar-refractivity contribution < 1.29 is 9.21 Å². The van der Waals surface area contributed by atoms with Crippen LogP contribution in [0.3, 0.4) is 0 Å². The van der Waals surface area contributed by atoms with Crippen molar-refractivity contribution in [1.29, 1.82) is 0 Å². The maximum absolute atomic E-state index is 12.6. The zero-order chi connectivity index (χ0) is 17.1. The molecule has 4 rings (SSSR count). The smallest absolute Gasteiger partial charge is 0.318 e. The van der Waals surface area contributed by atoms with Gasteiger partial charge in [-0.1, -0.05) is 6.07 Å². The van der Waals surface area contributed by atoms with Gasteiger partial charge in [0.2, 0.25) is 5.89 Å². The molecule has 3 aromatic rings. The van der Waals surface area contributed by atoms with Crippen LogP contribution in [0.4, 0.5) is 4.79 Å². The summed E-state index contributed by atoms with van der Waals surface area (Å²) in [5.41, 5.74) is 1.85. The van der Waals surface area contributed by atoms with Crippen molar-refractivity contribution >= 4 is 17.4 Å². The van der Waals surface area contributed by atoms with Crippen LogP contribution in [0, 0.1) is 0 Å². The summed E-state index contributed by atoms with van der Waals surface area (Å²) < 4.78 is 5.48. The topological polar surface area (TPSA) is 71.3 Å². The number of urea groups is 1. The molecular formula is C18H18N4O2S. The minimum Gasteiger partial charge on any atom is -0.443 e. The molecule has 1 atom stereocenters. The minimum absolute atomic E-state index is 0.0695. The van der Waals surface area contributed by atoms with Gasteiger partial charge in [-0.3, -0.25) is 4.98 Å². The predicted molar refractivity (Wildman–Crippen MR) is 95.0 cm³/mol. The molecule has 0 bridgehead atoms. The standard InChI is InChI=1S/C18H18N4O2S/c23-18(22-9-1-3-15(22)13-5-7-19-8-6-13)20-11-14-12-24-17(21-14)16-4-2-10-25-16/h2,4-8,10,12,15H,1,3,9,11H2,(H,20,23)/t15-/m0/s1. The van der Waals surface area contributed by atoms with Gasteiger partial charge in [-0.15, -0.1) is 11.3 Å². The fourth-order valence-electron chi connectivity index (χ4n) is 3.11. The Balaban J connectivity index is 1.39. The summed E-state index contributed by atoms with van der Waals surface area (Å²) in [5.74, 6) is 0.593. The number of nitrogens with one attached hydrogen (secondary N) is 1. The zero-order valence-electron chi connectivity index (χ0n) is 13.6. The van der Waals surface area contributed by atoms with Crippen LogP contribution in [0.1, 0.15) is 30.1 Å². The van der Waals surface area contributed by atoms with Gasteiger partial charge in [0.15, 0.2) is 0 Å². The molecule has 0 unspecified atom stereocenters. The van der Waals surface area contributed by atoms with Crippen LogP contribution in [0.25, 0.3) is 10.8 Å². The Morgan fingerprint density at radius 3 is 3.04 bits per heavy atom. The first-order chi connectivity index (χ1) is 12.3. The third kappa shape index (κ3) is 3.41. The minimum atomic E-state index is -0.0695. The first-order valence-corrected chi connectivity index (χ1v) is 9.12. The maximum atomic E-state index is 12.6. The number of oxazole rings is 1. The molecule has 1 aliphatic rings. The average molecular weight is 354 g/mol. The van der Waals surface area contributed by atoms with E-state index < -0.39 is 0 Å². The number of carbonyl (C=O) groups is 1. The van der Waals surface area contributed by atoms with E-state index in [-0.39, 0.29) is 12.1 Å². The molecule has 25 heavy (non-hydrogen) atoms. The number of likely N-dealkylation sites (tertiary alicyclic amines) is 1. The van der Waals surface area contributed by atoms with E-state index in [1.165, 1.54) is 0 Å². The Hall–Kier alpha value is -2.67. The van der Waals surface area contributed by atoms with Crippen LogP contribution in [0.2, 0.25) is 0 Å². The van der Waals surface area contributed by atoms with Crippen molar-refractivity contribution in [1.82, 2.24) is 20.2 Å². The summed E-state index contributed by atoms with van der Waals surface area (Å²) in [6.45, 7) is 1.12. The summed E-state index contributed by atoms with van der Waals surface area (Å²) in [5, 5.41) is 4.93. The highest BCUT2D eigenvalue weighted by Gasteiger charge is 2.29. The fraction of sp³-hybridized carbons (Fsp3) is 0.278. The number of nitrogens with zero attached hydrogens (tertiary/aromatic N) is 3. The van der Waals surface area contributed by atoms with E-state index >= 15 is 0 Å². The highest BCUT2D eigenvalue weighted by Crippen LogP contribution is 2.31. The van der Waals surface area contributed by atoms with Gasteiger partial charge in [0.05, 0.1) is 23.2 Å². The highest BCUT2D eigenvalue weighted by atomic mass is 32.1. The second-order valence-electron chi connectivity index (χ2n) is 5.91. The van der Waals surface area contributed by atoms with Crippen molar-refractivity contribution in [2.75, 3.05) is 6.54 Å². The molecule has 3 aromatic heterocycles. The van der Waals surface area contributed by atoms with E-state index in [1.54, 1.807) is 30.0 Å². The lowest BCUT2D eigenvalue weighted by Crippen LogP contribution is -2.39. The molecule has 0 radical (unpaired) electrons. The first-order valence-electron chi connectivity index (χ1n) is 8.24. The number of hydrogen-bond donors (Lipinski definition) is 1. The number of pyridine rings is 1. The first kappa shape index (κ1) is 15.8. The molecule has 1 N–H and O–H groups in total. The summed E-state index contributed by atoms with van der Waals surface area (Å²) in [7, 11) is 0. The van der Waals surface area contributed by atoms with Crippen LogP contribution >= 0.6 is 11.3 Å². The Morgan fingerprint density at radius 1 is 1.36 bits per heavy atom. The van der Waals surface area contributed by atoms with Crippen LogP contribution in [0.5, 0.6) is 0 Å². The Bertz CT molecular complexity index is 832. The molecule has 1 fully saturated rings. The number of thiophene rings is 1. The second-order valence-corrected chi connectivity index (χ2v) is 6.86. The van der Waals surface area contributed by atoms with Gasteiger partial charge in [-0.25, -0.2) is 9.78 Å². The molecule has 0 spiro atoms. The van der Waals surface area contributed by atoms with E-state index in [4.69, 9.17) is 4.42 Å². The summed E-state index contributed by atoms with van der Waals surface area (Å²) >= 11 is 1.58. The van der Waals surface area contributed by atoms with Gasteiger partial charge in [0, 0.05) is 18.9 Å². The molecule has 0 saturated carbocycles. The largest absolute Gasteiger partial charge is 0.443 e. The number of amides is 2. The third-order valence-corrected chi connectivity index (χ3v) is 5.17. The van der Waals surface area contributed by atoms with E-state index in [2.05, 4.69) is 15.3 Å². The van der Waals surface area contributed by atoms with E-state index in [1.807, 2.05) is 34.5 Å². The molecule has 128 valence electrons. The van der Waals surface area contributed by atoms with Crippen molar-refractivity contribution in [3.8, 4) is 10.8 Å². The molecule has 1 saturated heterocycles. The summed E-state index contributed by atoms with van der Waals surface area (Å²) in [4.78, 5) is 23.9. The molecule has 1 aliphatic heterocycles. The number of carbonyl (C=O) groups excluding carboxylic acids is 1. The van der Waals surface area contributed by atoms with Gasteiger partial charge in [-0.05, 0) is 42.0 Å². The van der Waals surface area contributed by atoms with Crippen molar-refractivity contribution in [3.05, 3.63) is 59.6 Å². The lowest BCUT2D eigenvalue weighted by Gasteiger charge is -2.25. The third-order valence-electron chi connectivity index (χ3n) is 4.31. The Morgan fingerprint density at radius 2 is 2.24 bits per heavy atom. The quantitative estimate of drug-likeness (QED) is 0.772. The number of rotatable bonds is 4. The van der Waals surface area contributed by atoms with Gasteiger partial charge >= 0.3 is 6.03 Å². The van der Waals surface area contributed by atoms with Crippen molar-refractivity contribution in [2.45, 2.75) is 25.4 Å². The van der Waals surface area contributed by atoms with Crippen molar-refractivity contribution in [2.24, 2.45) is 0 Å². The predicted octanol–water partition coefficient (Wildman–Crippen LogP) is 3.84. The average Bonchev–Trinajstić information content (AvgIpc) is 3.41. The second kappa shape index (κ2) is 7.06. The molecular weight excluding hydrogens is 336 g/mol. The molecule has 0 aliphatic carbocycles. The van der Waals surface area contributed by atoms with Crippen LogP contribution in [-0.4, -0.2) is 27.4 Å². The van der Waals surface area contributed by atoms with Gasteiger partial charge in [0.25, 0.3) is 0 Å². The van der Waals surface area contributed by atoms with Crippen LogP contribution in [-0.2, 0) is 6.54 Å². The van der Waals surface area contributed by atoms with E-state index in [0.717, 1.165) is 35.5 Å². The summed E-state index contributed by atoms with van der Waals surface area (Å²) in [6.07, 6.45) is 7.12. The van der Waals surface area contributed by atoms with E-state index in [0.29, 0.717) is 12.4 Å². The molecule has 6 nitrogen and oxygen atoms in total. The SMILES string of the molecule is O=C(NCc1coc(-c2cccs2)n1)N1CCC[C@H]1c1ccncc1. The number of hydrogen-bond acceptors (Lipinski definition) is 5. The maximum Gasteiger partial charge on any atom is 0.318 e. The Kier molecular flexibility index (Phi) is 4.47. The zero-order valence-corrected chi connectivity index (χ0v) is 14.4. The molecule has 0 aromatic carbocycles. The van der Waals surface area contributed by atoms with Crippen LogP contribution in [0.15, 0.2) is 52.7 Å². The lowest BCUT2D eigenvalue weighted by atomic mass is 10.1. The number of aromatic nitrogens is 2. The normalized spacial score (nSPS) is 17.0. The molecule has 7 heteroatoms. The molecule has 2 amide bonds. The van der Waals surface area contributed by atoms with Gasteiger partial charge in [-0.2, -0.15) is 0 Å². The van der Waals surface area contributed by atoms with Crippen molar-refractivity contribution in [3.63, 3.8) is 0 Å². The lowest BCUT2D eigenvalue weighted by molar-refractivity contribution is 0.192. The summed E-state index contributed by atoms with van der Waals surface area (Å²) in [6, 6.07) is 7.91. The monoisotopic (exact) mass is 354 g/mol. The highest BCUT2D eigenvalue weighted by molar-refractivity contribution is 7.13. The van der Waals surface area contributed by atoms with E-state index in [9.17, 15) is 4.79 Å². The van der Waals surface area contributed by atoms with Gasteiger partial charge < -0.3 is 14.6 Å². The molecule has 4 heterocycles. The van der Waals surface area contributed by atoms with Crippen LogP contribution < -0.4 is 5.32 Å². The Labute approximate surface area is 149 Å².